The summed E-state index contributed by atoms with van der Waals surface area (Å²) in [7, 11) is 0. The van der Waals surface area contributed by atoms with E-state index in [1.807, 2.05) is 24.7 Å². The van der Waals surface area contributed by atoms with Gasteiger partial charge in [0.15, 0.2) is 0 Å². The maximum Gasteiger partial charge on any atom is 0.0953 e. The average molecular weight is 290 g/mol. The molecule has 106 valence electrons. The van der Waals surface area contributed by atoms with Crippen LogP contribution in [0.15, 0.2) is 36.8 Å². The zero-order valence-corrected chi connectivity index (χ0v) is 12.5. The molecular weight excluding hydrogens is 270 g/mol. The van der Waals surface area contributed by atoms with Crippen LogP contribution in [-0.4, -0.2) is 22.6 Å². The molecule has 1 aliphatic heterocycles. The summed E-state index contributed by atoms with van der Waals surface area (Å²) in [5, 5.41) is 4.26. The van der Waals surface area contributed by atoms with E-state index in [0.29, 0.717) is 5.92 Å². The van der Waals surface area contributed by atoms with Crippen LogP contribution in [0.5, 0.6) is 0 Å². The number of aromatic nitrogens is 2. The number of imidazole rings is 1. The smallest absolute Gasteiger partial charge is 0.0953 e. The van der Waals surface area contributed by atoms with E-state index in [1.54, 1.807) is 0 Å². The first-order chi connectivity index (χ1) is 9.75. The molecular formula is C16H20ClN3. The molecule has 2 atom stereocenters. The van der Waals surface area contributed by atoms with E-state index in [0.717, 1.165) is 18.1 Å². The van der Waals surface area contributed by atoms with Crippen molar-refractivity contribution in [3.63, 3.8) is 0 Å². The van der Waals surface area contributed by atoms with Crippen LogP contribution < -0.4 is 5.32 Å². The third kappa shape index (κ3) is 2.74. The van der Waals surface area contributed by atoms with Crippen LogP contribution in [0.3, 0.4) is 0 Å². The first-order valence-corrected chi connectivity index (χ1v) is 7.61. The van der Waals surface area contributed by atoms with Crippen LogP contribution in [-0.2, 0) is 0 Å². The highest BCUT2D eigenvalue weighted by Gasteiger charge is 2.21. The Kier molecular flexibility index (Phi) is 4.08. The topological polar surface area (TPSA) is 29.9 Å². The largest absolute Gasteiger partial charge is 0.327 e. The molecule has 0 amide bonds. The number of hydrogen-bond acceptors (Lipinski definition) is 2. The van der Waals surface area contributed by atoms with Crippen LogP contribution in [0.1, 0.15) is 43.0 Å². The Morgan fingerprint density at radius 1 is 1.35 bits per heavy atom. The van der Waals surface area contributed by atoms with Crippen LogP contribution in [0.25, 0.3) is 0 Å². The zero-order chi connectivity index (χ0) is 13.9. The van der Waals surface area contributed by atoms with Crippen LogP contribution in [0.2, 0.25) is 5.02 Å². The minimum absolute atomic E-state index is 0.284. The van der Waals surface area contributed by atoms with E-state index in [2.05, 4.69) is 33.9 Å². The Hall–Kier alpha value is -1.32. The molecule has 1 aliphatic rings. The second-order valence-electron chi connectivity index (χ2n) is 5.50. The number of piperidine rings is 1. The third-order valence-electron chi connectivity index (χ3n) is 4.18. The molecule has 0 spiro atoms. The van der Waals surface area contributed by atoms with E-state index in [-0.39, 0.29) is 6.04 Å². The Morgan fingerprint density at radius 2 is 2.15 bits per heavy atom. The highest BCUT2D eigenvalue weighted by atomic mass is 35.5. The first kappa shape index (κ1) is 13.7. The standard InChI is InChI=1S/C16H20ClN3/c1-12(13-4-6-15(17)7-5-13)20-11-19-10-16(20)14-3-2-8-18-9-14/h4-7,10-12,14,18H,2-3,8-9H2,1H3. The zero-order valence-electron chi connectivity index (χ0n) is 11.7. The summed E-state index contributed by atoms with van der Waals surface area (Å²) in [4.78, 5) is 4.37. The predicted octanol–water partition coefficient (Wildman–Crippen LogP) is 3.61. The second-order valence-corrected chi connectivity index (χ2v) is 5.93. The van der Waals surface area contributed by atoms with E-state index in [4.69, 9.17) is 11.6 Å². The summed E-state index contributed by atoms with van der Waals surface area (Å²) in [6.45, 7) is 4.40. The number of hydrogen-bond donors (Lipinski definition) is 1. The third-order valence-corrected chi connectivity index (χ3v) is 4.43. The Balaban J connectivity index is 1.86. The molecule has 0 saturated carbocycles. The number of nitrogens with one attached hydrogen (secondary N) is 1. The molecule has 1 saturated heterocycles. The Bertz CT molecular complexity index is 555. The molecule has 1 fully saturated rings. The van der Waals surface area contributed by atoms with Gasteiger partial charge in [0.25, 0.3) is 0 Å². The van der Waals surface area contributed by atoms with Gasteiger partial charge in [0.2, 0.25) is 0 Å². The molecule has 2 unspecified atom stereocenters. The lowest BCUT2D eigenvalue weighted by Gasteiger charge is -2.26. The van der Waals surface area contributed by atoms with Gasteiger partial charge in [0.05, 0.1) is 12.4 Å². The van der Waals surface area contributed by atoms with Crippen molar-refractivity contribution in [3.05, 3.63) is 53.1 Å². The highest BCUT2D eigenvalue weighted by molar-refractivity contribution is 6.30. The van der Waals surface area contributed by atoms with E-state index < -0.39 is 0 Å². The van der Waals surface area contributed by atoms with Gasteiger partial charge in [-0.2, -0.15) is 0 Å². The van der Waals surface area contributed by atoms with Gasteiger partial charge in [-0.3, -0.25) is 0 Å². The van der Waals surface area contributed by atoms with Gasteiger partial charge < -0.3 is 9.88 Å². The molecule has 0 bridgehead atoms. The van der Waals surface area contributed by atoms with Gasteiger partial charge in [-0.15, -0.1) is 0 Å². The molecule has 1 aromatic carbocycles. The highest BCUT2D eigenvalue weighted by Crippen LogP contribution is 2.28. The fourth-order valence-electron chi connectivity index (χ4n) is 2.96. The second kappa shape index (κ2) is 5.98. The van der Waals surface area contributed by atoms with Crippen molar-refractivity contribution in [2.24, 2.45) is 0 Å². The number of benzene rings is 1. The summed E-state index contributed by atoms with van der Waals surface area (Å²) in [6.07, 6.45) is 6.45. The maximum atomic E-state index is 5.97. The quantitative estimate of drug-likeness (QED) is 0.935. The molecule has 1 aromatic heterocycles. The summed E-state index contributed by atoms with van der Waals surface area (Å²) in [5.41, 5.74) is 2.59. The number of halogens is 1. The van der Waals surface area contributed by atoms with Crippen LogP contribution >= 0.6 is 11.6 Å². The van der Waals surface area contributed by atoms with E-state index in [1.165, 1.54) is 24.1 Å². The van der Waals surface area contributed by atoms with Crippen molar-refractivity contribution < 1.29 is 0 Å². The van der Waals surface area contributed by atoms with Crippen molar-refractivity contribution in [1.82, 2.24) is 14.9 Å². The first-order valence-electron chi connectivity index (χ1n) is 7.23. The maximum absolute atomic E-state index is 5.97. The van der Waals surface area contributed by atoms with Crippen molar-refractivity contribution in [2.45, 2.75) is 31.7 Å². The minimum atomic E-state index is 0.284. The molecule has 0 radical (unpaired) electrons. The van der Waals surface area contributed by atoms with Crippen LogP contribution in [0, 0.1) is 0 Å². The molecule has 2 aromatic rings. The summed E-state index contributed by atoms with van der Waals surface area (Å²) in [5.74, 6) is 0.570. The molecule has 3 nitrogen and oxygen atoms in total. The normalized spacial score (nSPS) is 20.8. The van der Waals surface area contributed by atoms with Gasteiger partial charge in [-0.05, 0) is 44.0 Å². The van der Waals surface area contributed by atoms with Crippen molar-refractivity contribution >= 4 is 11.6 Å². The van der Waals surface area contributed by atoms with Gasteiger partial charge in [0.1, 0.15) is 0 Å². The van der Waals surface area contributed by atoms with E-state index in [9.17, 15) is 0 Å². The predicted molar refractivity (Wildman–Crippen MR) is 82.3 cm³/mol. The van der Waals surface area contributed by atoms with E-state index >= 15 is 0 Å². The van der Waals surface area contributed by atoms with Crippen LogP contribution in [0.4, 0.5) is 0 Å². The Labute approximate surface area is 125 Å². The van der Waals surface area contributed by atoms with Gasteiger partial charge in [0, 0.05) is 29.4 Å². The lowest BCUT2D eigenvalue weighted by atomic mass is 9.96. The van der Waals surface area contributed by atoms with Gasteiger partial charge in [-0.25, -0.2) is 4.98 Å². The van der Waals surface area contributed by atoms with Crippen molar-refractivity contribution in [1.29, 1.82) is 0 Å². The average Bonchev–Trinajstić information content (AvgIpc) is 2.97. The lowest BCUT2D eigenvalue weighted by molar-refractivity contribution is 0.435. The molecule has 1 N–H and O–H groups in total. The molecule has 3 rings (SSSR count). The lowest BCUT2D eigenvalue weighted by Crippen LogP contribution is -2.30. The fraction of sp³-hybridized carbons (Fsp3) is 0.438. The molecule has 4 heteroatoms. The van der Waals surface area contributed by atoms with Crippen molar-refractivity contribution in [2.75, 3.05) is 13.1 Å². The summed E-state index contributed by atoms with van der Waals surface area (Å²) >= 11 is 5.97. The molecule has 0 aliphatic carbocycles. The van der Waals surface area contributed by atoms with Crippen molar-refractivity contribution in [3.8, 4) is 0 Å². The number of nitrogens with zero attached hydrogens (tertiary/aromatic N) is 2. The molecule has 2 heterocycles. The van der Waals surface area contributed by atoms with Gasteiger partial charge in [-0.1, -0.05) is 23.7 Å². The molecule has 20 heavy (non-hydrogen) atoms. The number of rotatable bonds is 3. The summed E-state index contributed by atoms with van der Waals surface area (Å²) < 4.78 is 2.29. The SMILES string of the molecule is CC(c1ccc(Cl)cc1)n1cncc1C1CCCNC1. The van der Waals surface area contributed by atoms with Gasteiger partial charge >= 0.3 is 0 Å². The Morgan fingerprint density at radius 3 is 2.85 bits per heavy atom. The minimum Gasteiger partial charge on any atom is -0.327 e. The monoisotopic (exact) mass is 289 g/mol. The summed E-state index contributed by atoms with van der Waals surface area (Å²) in [6, 6.07) is 8.37. The fourth-order valence-corrected chi connectivity index (χ4v) is 3.09.